The van der Waals surface area contributed by atoms with Crippen molar-refractivity contribution in [2.45, 2.75) is 103 Å². The average molecular weight is 309 g/mol. The summed E-state index contributed by atoms with van der Waals surface area (Å²) in [4.78, 5) is 2.36. The Hall–Kier alpha value is -0.340. The smallest absolute Gasteiger partial charge is 0.0572 e. The Morgan fingerprint density at radius 3 is 1.82 bits per heavy atom. The molecule has 1 heterocycles. The second-order valence-electron chi connectivity index (χ2n) is 6.98. The van der Waals surface area contributed by atoms with Gasteiger partial charge >= 0.3 is 0 Å². The van der Waals surface area contributed by atoms with Crippen LogP contribution in [0, 0.1) is 0 Å². The van der Waals surface area contributed by atoms with Crippen molar-refractivity contribution in [2.75, 3.05) is 13.1 Å². The van der Waals surface area contributed by atoms with Crippen LogP contribution in [0.3, 0.4) is 0 Å². The Bertz CT molecular complexity index is 258. The minimum atomic E-state index is 0.352. The highest BCUT2D eigenvalue weighted by Crippen LogP contribution is 2.14. The fourth-order valence-corrected chi connectivity index (χ4v) is 3.00. The number of hydrogen-bond acceptors (Lipinski definition) is 2. The van der Waals surface area contributed by atoms with Gasteiger partial charge < -0.3 is 5.73 Å². The lowest BCUT2D eigenvalue weighted by molar-refractivity contribution is 0.371. The molecule has 0 aromatic carbocycles. The molecule has 0 aromatic heterocycles. The van der Waals surface area contributed by atoms with E-state index in [1.54, 1.807) is 0 Å². The molecule has 1 saturated heterocycles. The van der Waals surface area contributed by atoms with Gasteiger partial charge in [0, 0.05) is 13.1 Å². The Balaban J connectivity index is 1.70. The van der Waals surface area contributed by atoms with E-state index < -0.39 is 0 Å². The third-order valence-corrected chi connectivity index (χ3v) is 4.71. The molecule has 2 N–H and O–H groups in total. The van der Waals surface area contributed by atoms with Gasteiger partial charge in [0.15, 0.2) is 0 Å². The summed E-state index contributed by atoms with van der Waals surface area (Å²) in [6.45, 7) is 4.74. The van der Waals surface area contributed by atoms with E-state index in [0.717, 1.165) is 0 Å². The first-order valence-electron chi connectivity index (χ1n) is 9.99. The summed E-state index contributed by atoms with van der Waals surface area (Å²) >= 11 is 0. The minimum absolute atomic E-state index is 0.352. The van der Waals surface area contributed by atoms with Crippen molar-refractivity contribution in [2.24, 2.45) is 5.73 Å². The monoisotopic (exact) mass is 308 g/mol. The molecular formula is C20H40N2. The molecule has 0 bridgehead atoms. The lowest BCUT2D eigenvalue weighted by Crippen LogP contribution is -2.28. The molecule has 0 saturated carbocycles. The average Bonchev–Trinajstić information content (AvgIpc) is 3.36. The summed E-state index contributed by atoms with van der Waals surface area (Å²) in [7, 11) is 0. The zero-order valence-corrected chi connectivity index (χ0v) is 15.1. The zero-order valence-electron chi connectivity index (χ0n) is 15.1. The molecule has 22 heavy (non-hydrogen) atoms. The Morgan fingerprint density at radius 1 is 0.773 bits per heavy atom. The summed E-state index contributed by atoms with van der Waals surface area (Å²) in [5.41, 5.74) is 6.05. The van der Waals surface area contributed by atoms with Crippen LogP contribution in [-0.4, -0.2) is 24.2 Å². The molecular weight excluding hydrogens is 268 g/mol. The van der Waals surface area contributed by atoms with Crippen molar-refractivity contribution in [3.8, 4) is 0 Å². The zero-order chi connectivity index (χ0) is 15.9. The molecule has 1 aliphatic heterocycles. The fraction of sp³-hybridized carbons (Fsp3) is 0.900. The molecule has 2 nitrogen and oxygen atoms in total. The molecule has 0 aromatic rings. The van der Waals surface area contributed by atoms with Crippen LogP contribution in [0.25, 0.3) is 0 Å². The predicted octanol–water partition coefficient (Wildman–Crippen LogP) is 5.62. The van der Waals surface area contributed by atoms with Crippen LogP contribution in [0.5, 0.6) is 0 Å². The molecule has 0 spiro atoms. The van der Waals surface area contributed by atoms with Gasteiger partial charge in [-0.2, -0.15) is 0 Å². The SMILES string of the molecule is CCCCCCCC/C=C\CCCCCCCC(N)N1CC1. The number of unbranched alkanes of at least 4 members (excludes halogenated alkanes) is 11. The van der Waals surface area contributed by atoms with E-state index in [2.05, 4.69) is 24.0 Å². The summed E-state index contributed by atoms with van der Waals surface area (Å²) in [6.07, 6.45) is 24.2. The van der Waals surface area contributed by atoms with Crippen LogP contribution >= 0.6 is 0 Å². The van der Waals surface area contributed by atoms with E-state index in [-0.39, 0.29) is 0 Å². The topological polar surface area (TPSA) is 29.0 Å². The summed E-state index contributed by atoms with van der Waals surface area (Å²) in [5, 5.41) is 0. The Labute approximate surface area is 139 Å². The number of rotatable bonds is 16. The third kappa shape index (κ3) is 12.2. The third-order valence-electron chi connectivity index (χ3n) is 4.71. The van der Waals surface area contributed by atoms with Gasteiger partial charge in [0.1, 0.15) is 0 Å². The fourth-order valence-electron chi connectivity index (χ4n) is 3.00. The molecule has 1 rings (SSSR count). The Morgan fingerprint density at radius 2 is 1.27 bits per heavy atom. The number of nitrogens with two attached hydrogens (primary N) is 1. The van der Waals surface area contributed by atoms with Crippen LogP contribution in [0.1, 0.15) is 96.8 Å². The van der Waals surface area contributed by atoms with Crippen molar-refractivity contribution < 1.29 is 0 Å². The van der Waals surface area contributed by atoms with Crippen molar-refractivity contribution in [1.82, 2.24) is 4.90 Å². The standard InChI is InChI=1S/C20H40N2/c1-2-3-4-5-6-7-8-9-10-11-12-13-14-15-16-17-20(21)22-18-19-22/h9-10,20H,2-8,11-19,21H2,1H3/b10-9-. The van der Waals surface area contributed by atoms with Crippen LogP contribution in [0.15, 0.2) is 12.2 Å². The van der Waals surface area contributed by atoms with E-state index >= 15 is 0 Å². The van der Waals surface area contributed by atoms with Gasteiger partial charge in [0.2, 0.25) is 0 Å². The minimum Gasteiger partial charge on any atom is -0.316 e. The highest BCUT2D eigenvalue weighted by Gasteiger charge is 2.23. The van der Waals surface area contributed by atoms with Gasteiger partial charge in [0.25, 0.3) is 0 Å². The lowest BCUT2D eigenvalue weighted by Gasteiger charge is -2.11. The molecule has 0 radical (unpaired) electrons. The van der Waals surface area contributed by atoms with E-state index in [0.29, 0.717) is 6.17 Å². The van der Waals surface area contributed by atoms with Crippen molar-refractivity contribution >= 4 is 0 Å². The van der Waals surface area contributed by atoms with E-state index in [1.807, 2.05) is 0 Å². The maximum atomic E-state index is 6.05. The first-order valence-corrected chi connectivity index (χ1v) is 9.99. The maximum absolute atomic E-state index is 6.05. The summed E-state index contributed by atoms with van der Waals surface area (Å²) < 4.78 is 0. The number of allylic oxidation sites excluding steroid dienone is 2. The largest absolute Gasteiger partial charge is 0.316 e. The first-order chi connectivity index (χ1) is 10.8. The number of nitrogens with zero attached hydrogens (tertiary/aromatic N) is 1. The molecule has 1 atom stereocenters. The van der Waals surface area contributed by atoms with Crippen molar-refractivity contribution in [3.63, 3.8) is 0 Å². The second kappa shape index (κ2) is 14.3. The molecule has 0 aliphatic carbocycles. The molecule has 0 amide bonds. The highest BCUT2D eigenvalue weighted by atomic mass is 15.3. The molecule has 1 fully saturated rings. The van der Waals surface area contributed by atoms with Crippen LogP contribution < -0.4 is 5.73 Å². The normalized spacial score (nSPS) is 16.5. The molecule has 1 unspecified atom stereocenters. The van der Waals surface area contributed by atoms with Crippen LogP contribution in [0.2, 0.25) is 0 Å². The molecule has 2 heteroatoms. The maximum Gasteiger partial charge on any atom is 0.0572 e. The summed E-state index contributed by atoms with van der Waals surface area (Å²) in [5.74, 6) is 0. The van der Waals surface area contributed by atoms with Gasteiger partial charge in [-0.1, -0.05) is 76.9 Å². The van der Waals surface area contributed by atoms with Crippen LogP contribution in [-0.2, 0) is 0 Å². The first kappa shape index (κ1) is 19.7. The van der Waals surface area contributed by atoms with Gasteiger partial charge in [-0.3, -0.25) is 4.90 Å². The number of hydrogen-bond donors (Lipinski definition) is 1. The van der Waals surface area contributed by atoms with Gasteiger partial charge in [0.05, 0.1) is 6.17 Å². The van der Waals surface area contributed by atoms with Crippen molar-refractivity contribution in [1.29, 1.82) is 0 Å². The summed E-state index contributed by atoms with van der Waals surface area (Å²) in [6, 6.07) is 0. The quantitative estimate of drug-likeness (QED) is 0.228. The predicted molar refractivity (Wildman–Crippen MR) is 99.0 cm³/mol. The Kier molecular flexibility index (Phi) is 12.8. The molecule has 130 valence electrons. The van der Waals surface area contributed by atoms with Gasteiger partial charge in [-0.15, -0.1) is 0 Å². The molecule has 1 aliphatic rings. The van der Waals surface area contributed by atoms with Crippen LogP contribution in [0.4, 0.5) is 0 Å². The van der Waals surface area contributed by atoms with E-state index in [4.69, 9.17) is 5.73 Å². The van der Waals surface area contributed by atoms with E-state index in [9.17, 15) is 0 Å². The lowest BCUT2D eigenvalue weighted by atomic mass is 10.1. The van der Waals surface area contributed by atoms with Gasteiger partial charge in [-0.25, -0.2) is 0 Å². The van der Waals surface area contributed by atoms with Gasteiger partial charge in [-0.05, 0) is 32.1 Å². The van der Waals surface area contributed by atoms with Crippen molar-refractivity contribution in [3.05, 3.63) is 12.2 Å². The highest BCUT2D eigenvalue weighted by molar-refractivity contribution is 4.81. The van der Waals surface area contributed by atoms with E-state index in [1.165, 1.54) is 103 Å². The second-order valence-corrected chi connectivity index (χ2v) is 6.98.